The molecular weight excluding hydrogens is 402 g/mol. The van der Waals surface area contributed by atoms with Gasteiger partial charge in [-0.25, -0.2) is 0 Å². The fraction of sp³-hybridized carbons (Fsp3) is 0.231. The third-order valence-corrected chi connectivity index (χ3v) is 6.10. The van der Waals surface area contributed by atoms with E-state index in [4.69, 9.17) is 4.42 Å². The SMILES string of the molecule is Cc1ccc(O)c(-c2n[nH]c3c2C(c2ccc(C(C)C)cc2)N(Cc2ccco2)C3=O)c1. The van der Waals surface area contributed by atoms with Crippen LogP contribution in [0.4, 0.5) is 0 Å². The van der Waals surface area contributed by atoms with E-state index in [9.17, 15) is 9.90 Å². The highest BCUT2D eigenvalue weighted by molar-refractivity contribution is 6.00. The lowest BCUT2D eigenvalue weighted by molar-refractivity contribution is 0.0717. The van der Waals surface area contributed by atoms with Crippen molar-refractivity contribution in [1.29, 1.82) is 0 Å². The van der Waals surface area contributed by atoms with Crippen LogP contribution in [-0.4, -0.2) is 26.1 Å². The Kier molecular flexibility index (Phi) is 4.85. The normalized spacial score (nSPS) is 15.6. The number of aromatic nitrogens is 2. The summed E-state index contributed by atoms with van der Waals surface area (Å²) in [5, 5.41) is 18.0. The zero-order valence-corrected chi connectivity index (χ0v) is 18.3. The first kappa shape index (κ1) is 20.1. The average molecular weight is 428 g/mol. The summed E-state index contributed by atoms with van der Waals surface area (Å²) in [5.41, 5.74) is 5.66. The lowest BCUT2D eigenvalue weighted by atomic mass is 9.93. The van der Waals surface area contributed by atoms with E-state index >= 15 is 0 Å². The fourth-order valence-electron chi connectivity index (χ4n) is 4.38. The molecule has 1 aliphatic rings. The number of nitrogens with zero attached hydrogens (tertiary/aromatic N) is 2. The molecule has 0 saturated heterocycles. The van der Waals surface area contributed by atoms with Crippen molar-refractivity contribution in [1.82, 2.24) is 15.1 Å². The van der Waals surface area contributed by atoms with Gasteiger partial charge in [0.15, 0.2) is 0 Å². The maximum atomic E-state index is 13.4. The third-order valence-electron chi connectivity index (χ3n) is 6.10. The molecule has 0 spiro atoms. The maximum absolute atomic E-state index is 13.4. The minimum absolute atomic E-state index is 0.135. The van der Waals surface area contributed by atoms with Gasteiger partial charge in [0.25, 0.3) is 5.91 Å². The quantitative estimate of drug-likeness (QED) is 0.437. The summed E-state index contributed by atoms with van der Waals surface area (Å²) in [6, 6.07) is 17.1. The molecule has 3 heterocycles. The number of aromatic amines is 1. The van der Waals surface area contributed by atoms with Gasteiger partial charge in [0.05, 0.1) is 18.8 Å². The lowest BCUT2D eigenvalue weighted by Gasteiger charge is -2.26. The van der Waals surface area contributed by atoms with E-state index in [1.807, 2.05) is 31.2 Å². The highest BCUT2D eigenvalue weighted by atomic mass is 16.3. The van der Waals surface area contributed by atoms with Crippen LogP contribution in [0, 0.1) is 6.92 Å². The molecule has 5 rings (SSSR count). The van der Waals surface area contributed by atoms with Crippen molar-refractivity contribution in [3.63, 3.8) is 0 Å². The number of nitrogens with one attached hydrogen (secondary N) is 1. The summed E-state index contributed by atoms with van der Waals surface area (Å²) in [5.74, 6) is 1.12. The zero-order chi connectivity index (χ0) is 22.4. The molecule has 1 unspecified atom stereocenters. The molecule has 2 N–H and O–H groups in total. The molecule has 0 aliphatic carbocycles. The number of fused-ring (bicyclic) bond motifs is 1. The largest absolute Gasteiger partial charge is 0.507 e. The first-order valence-electron chi connectivity index (χ1n) is 10.8. The molecular formula is C26H25N3O3. The van der Waals surface area contributed by atoms with E-state index in [1.54, 1.807) is 17.2 Å². The van der Waals surface area contributed by atoms with Crippen LogP contribution in [0.5, 0.6) is 5.75 Å². The number of aromatic hydroxyl groups is 1. The maximum Gasteiger partial charge on any atom is 0.273 e. The smallest absolute Gasteiger partial charge is 0.273 e. The number of amides is 1. The van der Waals surface area contributed by atoms with Gasteiger partial charge in [-0.05, 0) is 48.2 Å². The Labute approximate surface area is 186 Å². The molecule has 162 valence electrons. The molecule has 6 nitrogen and oxygen atoms in total. The molecule has 1 amide bonds. The highest BCUT2D eigenvalue weighted by Gasteiger charge is 2.42. The number of carbonyl (C=O) groups is 1. The van der Waals surface area contributed by atoms with Gasteiger partial charge >= 0.3 is 0 Å². The number of hydrogen-bond donors (Lipinski definition) is 2. The number of phenols is 1. The van der Waals surface area contributed by atoms with Crippen LogP contribution in [0.15, 0.2) is 65.3 Å². The Morgan fingerprint density at radius 2 is 1.94 bits per heavy atom. The molecule has 1 aliphatic heterocycles. The number of benzene rings is 2. The van der Waals surface area contributed by atoms with Gasteiger partial charge in [0.2, 0.25) is 0 Å². The second-order valence-electron chi connectivity index (χ2n) is 8.62. The number of carbonyl (C=O) groups excluding carboxylic acids is 1. The first-order chi connectivity index (χ1) is 15.4. The van der Waals surface area contributed by atoms with Gasteiger partial charge < -0.3 is 14.4 Å². The van der Waals surface area contributed by atoms with Crippen molar-refractivity contribution >= 4 is 5.91 Å². The molecule has 4 aromatic rings. The summed E-state index contributed by atoms with van der Waals surface area (Å²) in [6.07, 6.45) is 1.61. The van der Waals surface area contributed by atoms with Gasteiger partial charge in [-0.15, -0.1) is 0 Å². The summed E-state index contributed by atoms with van der Waals surface area (Å²) >= 11 is 0. The Morgan fingerprint density at radius 1 is 1.16 bits per heavy atom. The highest BCUT2D eigenvalue weighted by Crippen LogP contribution is 2.45. The van der Waals surface area contributed by atoms with Crippen molar-refractivity contribution in [2.24, 2.45) is 0 Å². The number of aryl methyl sites for hydroxylation is 1. The standard InChI is InChI=1S/C26H25N3O3/c1-15(2)17-7-9-18(10-8-17)25-22-23(20-13-16(3)6-11-21(20)30)27-28-24(22)26(31)29(25)14-19-5-4-12-32-19/h4-13,15,25,30H,14H2,1-3H3,(H,27,28). The summed E-state index contributed by atoms with van der Waals surface area (Å²) in [6.45, 7) is 6.62. The van der Waals surface area contributed by atoms with E-state index in [2.05, 4.69) is 48.3 Å². The zero-order valence-electron chi connectivity index (χ0n) is 18.3. The molecule has 32 heavy (non-hydrogen) atoms. The van der Waals surface area contributed by atoms with E-state index in [-0.39, 0.29) is 17.7 Å². The van der Waals surface area contributed by atoms with Crippen LogP contribution in [0.1, 0.15) is 64.3 Å². The molecule has 0 radical (unpaired) electrons. The van der Waals surface area contributed by atoms with Crippen LogP contribution in [0.25, 0.3) is 11.3 Å². The van der Waals surface area contributed by atoms with Crippen molar-refractivity contribution in [3.8, 4) is 17.0 Å². The second-order valence-corrected chi connectivity index (χ2v) is 8.62. The Hall–Kier alpha value is -3.80. The number of hydrogen-bond acceptors (Lipinski definition) is 4. The van der Waals surface area contributed by atoms with Gasteiger partial charge in [-0.1, -0.05) is 49.7 Å². The Bertz CT molecular complexity index is 1270. The summed E-state index contributed by atoms with van der Waals surface area (Å²) in [7, 11) is 0. The van der Waals surface area contributed by atoms with E-state index in [0.717, 1.165) is 16.7 Å². The topological polar surface area (TPSA) is 82.4 Å². The van der Waals surface area contributed by atoms with Gasteiger partial charge in [-0.2, -0.15) is 5.10 Å². The molecule has 2 aromatic carbocycles. The molecule has 0 bridgehead atoms. The molecule has 0 fully saturated rings. The van der Waals surface area contributed by atoms with Crippen molar-refractivity contribution < 1.29 is 14.3 Å². The van der Waals surface area contributed by atoms with Crippen molar-refractivity contribution in [3.05, 3.63) is 94.6 Å². The lowest BCUT2D eigenvalue weighted by Crippen LogP contribution is -2.29. The van der Waals surface area contributed by atoms with E-state index < -0.39 is 0 Å². The second kappa shape index (κ2) is 7.71. The van der Waals surface area contributed by atoms with Crippen LogP contribution in [-0.2, 0) is 6.54 Å². The van der Waals surface area contributed by atoms with E-state index in [0.29, 0.717) is 35.2 Å². The van der Waals surface area contributed by atoms with E-state index in [1.165, 1.54) is 5.56 Å². The Morgan fingerprint density at radius 3 is 2.62 bits per heavy atom. The first-order valence-corrected chi connectivity index (χ1v) is 10.8. The number of H-pyrrole nitrogens is 1. The van der Waals surface area contributed by atoms with Gasteiger partial charge in [-0.3, -0.25) is 9.89 Å². The molecule has 2 aromatic heterocycles. The minimum Gasteiger partial charge on any atom is -0.507 e. The van der Waals surface area contributed by atoms with Crippen LogP contribution >= 0.6 is 0 Å². The van der Waals surface area contributed by atoms with Crippen molar-refractivity contribution in [2.45, 2.75) is 39.3 Å². The van der Waals surface area contributed by atoms with Gasteiger partial charge in [0, 0.05) is 11.1 Å². The molecule has 1 atom stereocenters. The third kappa shape index (κ3) is 3.28. The summed E-state index contributed by atoms with van der Waals surface area (Å²) < 4.78 is 5.54. The summed E-state index contributed by atoms with van der Waals surface area (Å²) in [4.78, 5) is 15.2. The van der Waals surface area contributed by atoms with Crippen LogP contribution in [0.3, 0.4) is 0 Å². The van der Waals surface area contributed by atoms with Crippen LogP contribution < -0.4 is 0 Å². The minimum atomic E-state index is -0.350. The number of phenolic OH excluding ortho intramolecular Hbond substituents is 1. The van der Waals surface area contributed by atoms with Crippen molar-refractivity contribution in [2.75, 3.05) is 0 Å². The predicted octanol–water partition coefficient (Wildman–Crippen LogP) is 5.55. The van der Waals surface area contributed by atoms with Crippen LogP contribution in [0.2, 0.25) is 0 Å². The number of rotatable bonds is 5. The molecule has 0 saturated carbocycles. The Balaban J connectivity index is 1.67. The number of furan rings is 1. The average Bonchev–Trinajstić information content (AvgIpc) is 3.50. The fourth-order valence-corrected chi connectivity index (χ4v) is 4.38. The molecule has 6 heteroatoms. The van der Waals surface area contributed by atoms with Gasteiger partial charge in [0.1, 0.15) is 22.9 Å². The predicted molar refractivity (Wildman–Crippen MR) is 121 cm³/mol. The monoisotopic (exact) mass is 427 g/mol.